The first-order chi connectivity index (χ1) is 19.9. The predicted molar refractivity (Wildman–Crippen MR) is 174 cm³/mol. The number of carbonyl (C=O) groups is 1. The molecule has 0 aliphatic rings. The van der Waals surface area contributed by atoms with Crippen molar-refractivity contribution >= 4 is 54.1 Å². The highest BCUT2D eigenvalue weighted by atomic mass is 32.1. The summed E-state index contributed by atoms with van der Waals surface area (Å²) in [5, 5.41) is 8.70. The van der Waals surface area contributed by atoms with Crippen molar-refractivity contribution in [2.75, 3.05) is 26.1 Å². The number of rotatable bonds is 12. The second-order valence-corrected chi connectivity index (χ2v) is 17.6. The summed E-state index contributed by atoms with van der Waals surface area (Å²) in [5.41, 5.74) is 3.62. The van der Waals surface area contributed by atoms with Gasteiger partial charge in [0.2, 0.25) is 0 Å². The number of ether oxygens (including phenoxy) is 2. The van der Waals surface area contributed by atoms with E-state index in [0.29, 0.717) is 37.0 Å². The van der Waals surface area contributed by atoms with Crippen LogP contribution < -0.4 is 10.9 Å². The minimum atomic E-state index is -1.18. The van der Waals surface area contributed by atoms with Crippen LogP contribution >= 0.6 is 12.6 Å². The SMILES string of the molecule is CNc1c(/N=C(\S)C(C(=O)OC)c2cccc(C)c2)n(C)n(Cc2cccc3c2cnn3COCC[Si](C)(C)C)c1=O. The van der Waals surface area contributed by atoms with Gasteiger partial charge in [0, 0.05) is 34.2 Å². The Morgan fingerprint density at radius 1 is 1.19 bits per heavy atom. The summed E-state index contributed by atoms with van der Waals surface area (Å²) in [6.07, 6.45) is 1.81. The zero-order valence-corrected chi connectivity index (χ0v) is 27.2. The summed E-state index contributed by atoms with van der Waals surface area (Å²) in [4.78, 5) is 31.0. The summed E-state index contributed by atoms with van der Waals surface area (Å²) in [6.45, 7) is 10.3. The lowest BCUT2D eigenvalue weighted by Gasteiger charge is -2.16. The first-order valence-corrected chi connectivity index (χ1v) is 18.0. The number of thiol groups is 1. The highest BCUT2D eigenvalue weighted by Crippen LogP contribution is 2.29. The van der Waals surface area contributed by atoms with Crippen molar-refractivity contribution in [3.63, 3.8) is 0 Å². The number of aliphatic imine (C=N–C) groups is 1. The average Bonchev–Trinajstić information content (AvgIpc) is 3.45. The summed E-state index contributed by atoms with van der Waals surface area (Å²) >= 11 is 4.63. The van der Waals surface area contributed by atoms with E-state index >= 15 is 0 Å². The van der Waals surface area contributed by atoms with E-state index in [2.05, 4.69) is 47.7 Å². The predicted octanol–water partition coefficient (Wildman–Crippen LogP) is 5.16. The number of aryl methyl sites for hydroxylation is 1. The number of hydrogen-bond donors (Lipinski definition) is 2. The van der Waals surface area contributed by atoms with Crippen LogP contribution in [0, 0.1) is 6.92 Å². The third-order valence-electron chi connectivity index (χ3n) is 7.19. The van der Waals surface area contributed by atoms with E-state index in [1.807, 2.05) is 60.3 Å². The molecule has 0 spiro atoms. The summed E-state index contributed by atoms with van der Waals surface area (Å²) in [5.74, 6) is -0.973. The largest absolute Gasteiger partial charge is 0.468 e. The Hall–Kier alpha value is -3.61. The maximum atomic E-state index is 13.6. The number of esters is 1. The number of nitrogens with one attached hydrogen (secondary N) is 1. The molecule has 0 saturated carbocycles. The molecule has 4 rings (SSSR count). The number of fused-ring (bicyclic) bond motifs is 1. The lowest BCUT2D eigenvalue weighted by atomic mass is 9.98. The second kappa shape index (κ2) is 13.1. The van der Waals surface area contributed by atoms with E-state index in [-0.39, 0.29) is 10.6 Å². The number of aromatic nitrogens is 4. The third-order valence-corrected chi connectivity index (χ3v) is 9.25. The molecule has 42 heavy (non-hydrogen) atoms. The lowest BCUT2D eigenvalue weighted by molar-refractivity contribution is -0.140. The quantitative estimate of drug-likeness (QED) is 0.0575. The molecule has 4 aromatic rings. The summed E-state index contributed by atoms with van der Waals surface area (Å²) in [7, 11) is 3.59. The number of benzene rings is 2. The molecule has 0 fully saturated rings. The van der Waals surface area contributed by atoms with E-state index in [9.17, 15) is 9.59 Å². The van der Waals surface area contributed by atoms with Crippen molar-refractivity contribution in [3.8, 4) is 0 Å². The molecular formula is C30H40N6O4SSi. The Morgan fingerprint density at radius 2 is 1.93 bits per heavy atom. The highest BCUT2D eigenvalue weighted by Gasteiger charge is 2.27. The topological polar surface area (TPSA) is 105 Å². The monoisotopic (exact) mass is 608 g/mol. The molecule has 224 valence electrons. The van der Waals surface area contributed by atoms with Crippen molar-refractivity contribution in [1.29, 1.82) is 0 Å². The Balaban J connectivity index is 1.67. The summed E-state index contributed by atoms with van der Waals surface area (Å²) in [6, 6.07) is 14.6. The van der Waals surface area contributed by atoms with Crippen LogP contribution in [0.15, 0.2) is 58.4 Å². The van der Waals surface area contributed by atoms with Crippen LogP contribution in [0.5, 0.6) is 0 Å². The summed E-state index contributed by atoms with van der Waals surface area (Å²) < 4.78 is 16.1. The van der Waals surface area contributed by atoms with Gasteiger partial charge in [0.1, 0.15) is 18.3 Å². The number of nitrogens with zero attached hydrogens (tertiary/aromatic N) is 5. The first-order valence-electron chi connectivity index (χ1n) is 13.9. The molecule has 0 amide bonds. The molecule has 0 aliphatic heterocycles. The Bertz CT molecular complexity index is 1670. The minimum absolute atomic E-state index is 0.217. The molecule has 2 heterocycles. The van der Waals surface area contributed by atoms with Crippen molar-refractivity contribution in [3.05, 3.63) is 75.7 Å². The first kappa shape index (κ1) is 31.3. The molecule has 1 N–H and O–H groups in total. The van der Waals surface area contributed by atoms with Gasteiger partial charge >= 0.3 is 5.97 Å². The van der Waals surface area contributed by atoms with Gasteiger partial charge < -0.3 is 14.8 Å². The van der Waals surface area contributed by atoms with Gasteiger partial charge in [-0.3, -0.25) is 14.3 Å². The van der Waals surface area contributed by atoms with Crippen LogP contribution in [0.4, 0.5) is 11.5 Å². The second-order valence-electron chi connectivity index (χ2n) is 11.5. The zero-order valence-electron chi connectivity index (χ0n) is 25.3. The number of hydrogen-bond acceptors (Lipinski definition) is 7. The molecule has 0 saturated heterocycles. The molecule has 0 bridgehead atoms. The molecule has 2 aromatic carbocycles. The Labute approximate surface area is 252 Å². The number of carbonyl (C=O) groups excluding carboxylic acids is 1. The fraction of sp³-hybridized carbons (Fsp3) is 0.400. The van der Waals surface area contributed by atoms with Gasteiger partial charge in [0.15, 0.2) is 5.82 Å². The average molecular weight is 609 g/mol. The van der Waals surface area contributed by atoms with Crippen LogP contribution in [-0.4, -0.2) is 59.0 Å². The smallest absolute Gasteiger partial charge is 0.319 e. The molecular weight excluding hydrogens is 569 g/mol. The standard InChI is InChI=1S/C30H40N6O4SSi/c1-20-10-8-11-21(16-20)25(30(38)39-4)28(41)33-27-26(31-2)29(37)36(34(27)3)18-22-12-9-13-24-23(22)17-32-35(24)19-40-14-15-42(5,6)7/h8-13,16-17,25,31H,14-15,18-19H2,1-7H3,(H,33,41). The van der Waals surface area contributed by atoms with Crippen molar-refractivity contribution in [2.45, 2.75) is 51.8 Å². The van der Waals surface area contributed by atoms with Crippen LogP contribution in [0.3, 0.4) is 0 Å². The van der Waals surface area contributed by atoms with E-state index in [0.717, 1.165) is 28.1 Å². The molecule has 10 nitrogen and oxygen atoms in total. The fourth-order valence-electron chi connectivity index (χ4n) is 4.79. The molecule has 1 atom stereocenters. The van der Waals surface area contributed by atoms with Gasteiger partial charge in [-0.05, 0) is 30.2 Å². The van der Waals surface area contributed by atoms with Gasteiger partial charge in [-0.2, -0.15) is 5.10 Å². The normalized spacial score (nSPS) is 13.0. The van der Waals surface area contributed by atoms with E-state index < -0.39 is 20.0 Å². The lowest BCUT2D eigenvalue weighted by Crippen LogP contribution is -2.23. The van der Waals surface area contributed by atoms with Crippen LogP contribution in [0.2, 0.25) is 25.7 Å². The van der Waals surface area contributed by atoms with Crippen LogP contribution in [0.25, 0.3) is 10.9 Å². The van der Waals surface area contributed by atoms with Gasteiger partial charge in [-0.1, -0.05) is 61.6 Å². The molecule has 2 aromatic heterocycles. The van der Waals surface area contributed by atoms with E-state index in [1.165, 1.54) is 7.11 Å². The van der Waals surface area contributed by atoms with E-state index in [1.54, 1.807) is 23.5 Å². The molecule has 12 heteroatoms. The number of methoxy groups -OCH3 is 1. The third kappa shape index (κ3) is 6.88. The maximum absolute atomic E-state index is 13.6. The molecule has 0 aliphatic carbocycles. The maximum Gasteiger partial charge on any atom is 0.319 e. The fourth-order valence-corrected chi connectivity index (χ4v) is 5.89. The molecule has 0 radical (unpaired) electrons. The molecule has 1 unspecified atom stereocenters. The van der Waals surface area contributed by atoms with Gasteiger partial charge in [-0.15, -0.1) is 12.6 Å². The van der Waals surface area contributed by atoms with Crippen molar-refractivity contribution in [1.82, 2.24) is 19.1 Å². The Kier molecular flexibility index (Phi) is 9.80. The minimum Gasteiger partial charge on any atom is -0.468 e. The van der Waals surface area contributed by atoms with Gasteiger partial charge in [0.25, 0.3) is 5.56 Å². The van der Waals surface area contributed by atoms with Crippen LogP contribution in [-0.2, 0) is 34.6 Å². The van der Waals surface area contributed by atoms with Crippen molar-refractivity contribution in [2.24, 2.45) is 12.0 Å². The van der Waals surface area contributed by atoms with Gasteiger partial charge in [0.05, 0.1) is 30.4 Å². The highest BCUT2D eigenvalue weighted by molar-refractivity contribution is 7.97. The number of anilines is 1. The van der Waals surface area contributed by atoms with Crippen LogP contribution in [0.1, 0.15) is 22.6 Å². The van der Waals surface area contributed by atoms with Gasteiger partial charge in [-0.25, -0.2) is 14.4 Å². The van der Waals surface area contributed by atoms with Crippen molar-refractivity contribution < 1.29 is 14.3 Å². The van der Waals surface area contributed by atoms with E-state index in [4.69, 9.17) is 9.47 Å². The Morgan fingerprint density at radius 3 is 2.60 bits per heavy atom. The zero-order chi connectivity index (χ0) is 30.6.